The smallest absolute Gasteiger partial charge is 0.356 e. The summed E-state index contributed by atoms with van der Waals surface area (Å²) < 4.78 is 1.29. The lowest BCUT2D eigenvalue weighted by Gasteiger charge is -2.09. The summed E-state index contributed by atoms with van der Waals surface area (Å²) in [6.45, 7) is 0. The highest BCUT2D eigenvalue weighted by molar-refractivity contribution is 6.33. The summed E-state index contributed by atoms with van der Waals surface area (Å²) in [5.41, 5.74) is 0.887. The summed E-state index contributed by atoms with van der Waals surface area (Å²) in [7, 11) is 0. The third-order valence-corrected chi connectivity index (χ3v) is 3.61. The summed E-state index contributed by atoms with van der Waals surface area (Å²) in [4.78, 5) is 23.8. The molecule has 0 spiro atoms. The van der Waals surface area contributed by atoms with Gasteiger partial charge in [0.05, 0.1) is 16.4 Å². The second-order valence-electron chi connectivity index (χ2n) is 4.90. The van der Waals surface area contributed by atoms with Crippen LogP contribution in [0.1, 0.15) is 21.0 Å². The molecule has 3 aromatic rings. The molecule has 6 nitrogen and oxygen atoms in total. The Hall–Kier alpha value is -3.12. The maximum absolute atomic E-state index is 12.6. The molecule has 1 amide bonds. The van der Waals surface area contributed by atoms with Gasteiger partial charge in [-0.2, -0.15) is 5.10 Å². The minimum absolute atomic E-state index is 0.0959. The Morgan fingerprint density at radius 3 is 2.38 bits per heavy atom. The molecule has 1 aromatic heterocycles. The quantitative estimate of drug-likeness (QED) is 0.761. The number of carboxylic acid groups (broad SMARTS) is 1. The second-order valence-corrected chi connectivity index (χ2v) is 5.31. The number of carbonyl (C=O) groups excluding carboxylic acids is 1. The predicted octanol–water partition coefficient (Wildman–Crippen LogP) is 3.48. The van der Waals surface area contributed by atoms with Crippen molar-refractivity contribution >= 4 is 29.2 Å². The monoisotopic (exact) mass is 341 g/mol. The van der Waals surface area contributed by atoms with E-state index in [1.807, 2.05) is 6.07 Å². The minimum atomic E-state index is -1.21. The molecule has 1 heterocycles. The number of halogens is 1. The number of rotatable bonds is 4. The van der Waals surface area contributed by atoms with Gasteiger partial charge in [-0.15, -0.1) is 0 Å². The molecule has 0 bridgehead atoms. The summed E-state index contributed by atoms with van der Waals surface area (Å²) >= 11 is 6.04. The highest BCUT2D eigenvalue weighted by Crippen LogP contribution is 2.22. The highest BCUT2D eigenvalue weighted by atomic mass is 35.5. The van der Waals surface area contributed by atoms with Crippen molar-refractivity contribution in [1.82, 2.24) is 9.78 Å². The van der Waals surface area contributed by atoms with Crippen LogP contribution in [0.2, 0.25) is 5.02 Å². The van der Waals surface area contributed by atoms with Gasteiger partial charge in [-0.1, -0.05) is 41.9 Å². The molecule has 2 N–H and O–H groups in total. The van der Waals surface area contributed by atoms with E-state index in [9.17, 15) is 9.59 Å². The standard InChI is InChI=1S/C17H12ClN3O3/c18-12-8-4-5-9-13(12)19-16(22)15-10-14(17(23)24)20-21(15)11-6-2-1-3-7-11/h1-10H,(H,19,22)(H,23,24). The number of aromatic carboxylic acids is 1. The highest BCUT2D eigenvalue weighted by Gasteiger charge is 2.20. The van der Waals surface area contributed by atoms with Gasteiger partial charge in [0.15, 0.2) is 5.69 Å². The van der Waals surface area contributed by atoms with Crippen molar-refractivity contribution in [2.45, 2.75) is 0 Å². The van der Waals surface area contributed by atoms with Crippen molar-refractivity contribution in [3.8, 4) is 5.69 Å². The molecular formula is C17H12ClN3O3. The van der Waals surface area contributed by atoms with Crippen LogP contribution in [0.25, 0.3) is 5.69 Å². The van der Waals surface area contributed by atoms with E-state index in [-0.39, 0.29) is 11.4 Å². The molecule has 120 valence electrons. The van der Waals surface area contributed by atoms with Crippen LogP contribution in [0.4, 0.5) is 5.69 Å². The van der Waals surface area contributed by atoms with E-state index in [0.29, 0.717) is 16.4 Å². The summed E-state index contributed by atoms with van der Waals surface area (Å²) in [6.07, 6.45) is 0. The van der Waals surface area contributed by atoms with Crippen LogP contribution in [0.5, 0.6) is 0 Å². The molecule has 3 rings (SSSR count). The van der Waals surface area contributed by atoms with Crippen LogP contribution in [0.15, 0.2) is 60.7 Å². The molecule has 7 heteroatoms. The van der Waals surface area contributed by atoms with Gasteiger partial charge in [0.1, 0.15) is 5.69 Å². The van der Waals surface area contributed by atoms with Crippen molar-refractivity contribution in [2.75, 3.05) is 5.32 Å². The third kappa shape index (κ3) is 3.13. The van der Waals surface area contributed by atoms with Gasteiger partial charge < -0.3 is 10.4 Å². The summed E-state index contributed by atoms with van der Waals surface area (Å²) in [6, 6.07) is 16.8. The first-order chi connectivity index (χ1) is 11.6. The number of anilines is 1. The molecule has 24 heavy (non-hydrogen) atoms. The maximum Gasteiger partial charge on any atom is 0.356 e. The molecule has 0 aliphatic carbocycles. The van der Waals surface area contributed by atoms with Crippen molar-refractivity contribution in [2.24, 2.45) is 0 Å². The first-order valence-corrected chi connectivity index (χ1v) is 7.39. The largest absolute Gasteiger partial charge is 0.476 e. The van der Waals surface area contributed by atoms with Crippen molar-refractivity contribution < 1.29 is 14.7 Å². The molecule has 0 radical (unpaired) electrons. The van der Waals surface area contributed by atoms with Gasteiger partial charge >= 0.3 is 5.97 Å². The average molecular weight is 342 g/mol. The van der Waals surface area contributed by atoms with Crippen molar-refractivity contribution in [1.29, 1.82) is 0 Å². The topological polar surface area (TPSA) is 84.2 Å². The summed E-state index contributed by atoms with van der Waals surface area (Å²) in [5, 5.41) is 16.2. The van der Waals surface area contributed by atoms with Crippen LogP contribution >= 0.6 is 11.6 Å². The van der Waals surface area contributed by atoms with E-state index in [1.54, 1.807) is 48.5 Å². The van der Waals surface area contributed by atoms with E-state index in [1.165, 1.54) is 10.7 Å². The van der Waals surface area contributed by atoms with Gasteiger partial charge in [0, 0.05) is 6.07 Å². The number of nitrogens with zero attached hydrogens (tertiary/aromatic N) is 2. The Morgan fingerprint density at radius 1 is 1.04 bits per heavy atom. The third-order valence-electron chi connectivity index (χ3n) is 3.28. The first kappa shape index (κ1) is 15.8. The van der Waals surface area contributed by atoms with Crippen LogP contribution in [-0.4, -0.2) is 26.8 Å². The van der Waals surface area contributed by atoms with Crippen LogP contribution in [0.3, 0.4) is 0 Å². The molecule has 0 saturated heterocycles. The van der Waals surface area contributed by atoms with E-state index in [2.05, 4.69) is 10.4 Å². The lowest BCUT2D eigenvalue weighted by atomic mass is 10.2. The molecule has 0 aliphatic heterocycles. The lowest BCUT2D eigenvalue weighted by Crippen LogP contribution is -2.17. The molecule has 0 atom stereocenters. The van der Waals surface area contributed by atoms with Gasteiger partial charge in [-0.3, -0.25) is 4.79 Å². The molecule has 2 aromatic carbocycles. The van der Waals surface area contributed by atoms with E-state index in [4.69, 9.17) is 16.7 Å². The van der Waals surface area contributed by atoms with Gasteiger partial charge in [0.2, 0.25) is 0 Å². The number of carbonyl (C=O) groups is 2. The minimum Gasteiger partial charge on any atom is -0.476 e. The number of amides is 1. The fourth-order valence-electron chi connectivity index (χ4n) is 2.16. The number of nitrogens with one attached hydrogen (secondary N) is 1. The van der Waals surface area contributed by atoms with Crippen LogP contribution in [-0.2, 0) is 0 Å². The number of hydrogen-bond donors (Lipinski definition) is 2. The molecular weight excluding hydrogens is 330 g/mol. The number of benzene rings is 2. The van der Waals surface area contributed by atoms with E-state index < -0.39 is 11.9 Å². The molecule has 0 fully saturated rings. The van der Waals surface area contributed by atoms with Gasteiger partial charge in [0.25, 0.3) is 5.91 Å². The SMILES string of the molecule is O=C(O)c1cc(C(=O)Nc2ccccc2Cl)n(-c2ccccc2)n1. The first-order valence-electron chi connectivity index (χ1n) is 7.01. The molecule has 0 unspecified atom stereocenters. The Bertz CT molecular complexity index is 906. The average Bonchev–Trinajstić information content (AvgIpc) is 3.03. The zero-order valence-electron chi connectivity index (χ0n) is 12.3. The number of para-hydroxylation sites is 2. The van der Waals surface area contributed by atoms with Gasteiger partial charge in [-0.25, -0.2) is 9.48 Å². The van der Waals surface area contributed by atoms with Crippen molar-refractivity contribution in [3.63, 3.8) is 0 Å². The van der Waals surface area contributed by atoms with Crippen LogP contribution < -0.4 is 5.32 Å². The van der Waals surface area contributed by atoms with E-state index >= 15 is 0 Å². The Kier molecular flexibility index (Phi) is 4.31. The fraction of sp³-hybridized carbons (Fsp3) is 0. The predicted molar refractivity (Wildman–Crippen MR) is 89.9 cm³/mol. The van der Waals surface area contributed by atoms with Crippen LogP contribution in [0, 0.1) is 0 Å². The van der Waals surface area contributed by atoms with Gasteiger partial charge in [-0.05, 0) is 24.3 Å². The second kappa shape index (κ2) is 6.55. The normalized spacial score (nSPS) is 10.4. The fourth-order valence-corrected chi connectivity index (χ4v) is 2.35. The zero-order chi connectivity index (χ0) is 17.1. The summed E-state index contributed by atoms with van der Waals surface area (Å²) in [5.74, 6) is -1.72. The maximum atomic E-state index is 12.6. The Balaban J connectivity index is 2.01. The lowest BCUT2D eigenvalue weighted by molar-refractivity contribution is 0.0690. The van der Waals surface area contributed by atoms with Crippen molar-refractivity contribution in [3.05, 3.63) is 77.1 Å². The number of hydrogen-bond acceptors (Lipinski definition) is 3. The molecule has 0 aliphatic rings. The Labute approximate surface area is 142 Å². The number of aromatic nitrogens is 2. The zero-order valence-corrected chi connectivity index (χ0v) is 13.1. The molecule has 0 saturated carbocycles. The Morgan fingerprint density at radius 2 is 1.71 bits per heavy atom. The number of carboxylic acids is 1. The van der Waals surface area contributed by atoms with E-state index in [0.717, 1.165) is 0 Å².